The van der Waals surface area contributed by atoms with Gasteiger partial charge in [-0.1, -0.05) is 141 Å². The largest absolute Gasteiger partial charge is 0.310 e. The summed E-state index contributed by atoms with van der Waals surface area (Å²) in [5, 5.41) is 4.97. The van der Waals surface area contributed by atoms with Crippen LogP contribution >= 0.6 is 0 Å². The number of hydrogen-bond donors (Lipinski definition) is 0. The smallest absolute Gasteiger partial charge is 0.0619 e. The summed E-state index contributed by atoms with van der Waals surface area (Å²) in [6.07, 6.45) is 0. The highest BCUT2D eigenvalue weighted by atomic mass is 15.1. The highest BCUT2D eigenvalue weighted by Gasteiger charge is 2.35. The third kappa shape index (κ3) is 4.57. The number of benzene rings is 8. The van der Waals surface area contributed by atoms with Gasteiger partial charge in [-0.05, 0) is 93.4 Å². The van der Waals surface area contributed by atoms with Crippen molar-refractivity contribution in [2.45, 2.75) is 19.3 Å². The molecule has 10 rings (SSSR count). The molecule has 0 atom stereocenters. The Kier molecular flexibility index (Phi) is 6.56. The van der Waals surface area contributed by atoms with Crippen molar-refractivity contribution in [1.29, 1.82) is 0 Å². The maximum Gasteiger partial charge on any atom is 0.0619 e. The summed E-state index contributed by atoms with van der Waals surface area (Å²) < 4.78 is 2.44. The Balaban J connectivity index is 1.24. The minimum Gasteiger partial charge on any atom is -0.310 e. The van der Waals surface area contributed by atoms with Gasteiger partial charge in [-0.2, -0.15) is 0 Å². The molecule has 0 fully saturated rings. The molecule has 1 aliphatic carbocycles. The molecule has 0 saturated heterocycles. The van der Waals surface area contributed by atoms with E-state index in [4.69, 9.17) is 0 Å². The summed E-state index contributed by atoms with van der Waals surface area (Å²) in [4.78, 5) is 2.44. The number of aromatic nitrogens is 1. The second-order valence-corrected chi connectivity index (χ2v) is 14.2. The maximum absolute atomic E-state index is 2.44. The zero-order chi connectivity index (χ0) is 34.1. The maximum atomic E-state index is 2.44. The first-order chi connectivity index (χ1) is 25.1. The number of hydrogen-bond acceptors (Lipinski definition) is 1. The standard InChI is InChI=1S/C49H36N2/c1-49(2)45-23-12-11-22-41(45)43-31-38(25-28-46(43)49)50(37-20-13-17-35(30-37)33-14-5-3-6-15-33)39-26-29-47-44(32-39)42-27-24-34-16-9-10-21-40(34)48(42)51(47)36-18-7-4-8-19-36/h3-32H,1-2H3. The monoisotopic (exact) mass is 652 g/mol. The Bertz CT molecular complexity index is 2770. The van der Waals surface area contributed by atoms with E-state index >= 15 is 0 Å². The van der Waals surface area contributed by atoms with E-state index in [0.29, 0.717) is 0 Å². The van der Waals surface area contributed by atoms with E-state index in [1.807, 2.05) is 0 Å². The Morgan fingerprint density at radius 1 is 0.431 bits per heavy atom. The van der Waals surface area contributed by atoms with E-state index in [1.165, 1.54) is 66.0 Å². The molecule has 2 heteroatoms. The average molecular weight is 653 g/mol. The topological polar surface area (TPSA) is 8.17 Å². The second kappa shape index (κ2) is 11.3. The quantitative estimate of drug-likeness (QED) is 0.180. The van der Waals surface area contributed by atoms with Gasteiger partial charge in [-0.15, -0.1) is 0 Å². The van der Waals surface area contributed by atoms with Gasteiger partial charge in [0.05, 0.1) is 11.0 Å². The molecule has 0 spiro atoms. The van der Waals surface area contributed by atoms with Crippen LogP contribution in [0.15, 0.2) is 182 Å². The fraction of sp³-hybridized carbons (Fsp3) is 0.0612. The zero-order valence-electron chi connectivity index (χ0n) is 28.7. The summed E-state index contributed by atoms with van der Waals surface area (Å²) in [5.41, 5.74) is 14.7. The number of nitrogens with zero attached hydrogens (tertiary/aromatic N) is 2. The van der Waals surface area contributed by atoms with Gasteiger partial charge in [0.15, 0.2) is 0 Å². The lowest BCUT2D eigenvalue weighted by Gasteiger charge is -2.28. The SMILES string of the molecule is CC1(C)c2ccccc2-c2cc(N(c3cccc(-c4ccccc4)c3)c3ccc4c(c3)c3ccc5ccccc5c3n4-c3ccccc3)ccc21. The molecule has 0 amide bonds. The molecule has 1 aromatic heterocycles. The second-order valence-electron chi connectivity index (χ2n) is 14.2. The van der Waals surface area contributed by atoms with Crippen LogP contribution in [0.5, 0.6) is 0 Å². The minimum atomic E-state index is -0.0521. The van der Waals surface area contributed by atoms with Crippen molar-refractivity contribution in [3.05, 3.63) is 193 Å². The Morgan fingerprint density at radius 2 is 1.10 bits per heavy atom. The minimum absolute atomic E-state index is 0.0521. The first-order valence-corrected chi connectivity index (χ1v) is 17.8. The van der Waals surface area contributed by atoms with E-state index in [9.17, 15) is 0 Å². The first kappa shape index (κ1) is 29.5. The van der Waals surface area contributed by atoms with E-state index in [2.05, 4.69) is 205 Å². The molecule has 0 radical (unpaired) electrons. The van der Waals surface area contributed by atoms with E-state index in [0.717, 1.165) is 22.7 Å². The molecule has 0 saturated carbocycles. The lowest BCUT2D eigenvalue weighted by Crippen LogP contribution is -2.15. The van der Waals surface area contributed by atoms with Crippen molar-refractivity contribution in [1.82, 2.24) is 4.57 Å². The van der Waals surface area contributed by atoms with Crippen molar-refractivity contribution >= 4 is 49.6 Å². The van der Waals surface area contributed by atoms with Crippen LogP contribution < -0.4 is 4.90 Å². The number of fused-ring (bicyclic) bond motifs is 8. The summed E-state index contributed by atoms with van der Waals surface area (Å²) in [6, 6.07) is 66.7. The van der Waals surface area contributed by atoms with Crippen molar-refractivity contribution in [2.24, 2.45) is 0 Å². The Morgan fingerprint density at radius 3 is 1.96 bits per heavy atom. The fourth-order valence-electron chi connectivity index (χ4n) is 8.50. The molecule has 0 aliphatic heterocycles. The Labute approximate surface area is 298 Å². The predicted octanol–water partition coefficient (Wildman–Crippen LogP) is 13.4. The van der Waals surface area contributed by atoms with Crippen LogP contribution in [0.1, 0.15) is 25.0 Å². The van der Waals surface area contributed by atoms with Crippen LogP contribution in [0.4, 0.5) is 17.1 Å². The molecule has 51 heavy (non-hydrogen) atoms. The number of para-hydroxylation sites is 1. The molecule has 2 nitrogen and oxygen atoms in total. The lowest BCUT2D eigenvalue weighted by atomic mass is 9.82. The summed E-state index contributed by atoms with van der Waals surface area (Å²) in [6.45, 7) is 4.69. The first-order valence-electron chi connectivity index (χ1n) is 17.8. The van der Waals surface area contributed by atoms with Crippen LogP contribution in [-0.2, 0) is 5.41 Å². The third-order valence-corrected chi connectivity index (χ3v) is 10.9. The van der Waals surface area contributed by atoms with E-state index in [-0.39, 0.29) is 5.41 Å². The predicted molar refractivity (Wildman–Crippen MR) is 216 cm³/mol. The average Bonchev–Trinajstić information content (AvgIpc) is 3.64. The number of rotatable bonds is 5. The van der Waals surface area contributed by atoms with Gasteiger partial charge in [0.25, 0.3) is 0 Å². The van der Waals surface area contributed by atoms with Crippen LogP contribution in [0.2, 0.25) is 0 Å². The molecule has 9 aromatic rings. The van der Waals surface area contributed by atoms with Gasteiger partial charge >= 0.3 is 0 Å². The number of anilines is 3. The molecule has 8 aromatic carbocycles. The molecular weight excluding hydrogens is 617 g/mol. The summed E-state index contributed by atoms with van der Waals surface area (Å²) in [5.74, 6) is 0. The lowest BCUT2D eigenvalue weighted by molar-refractivity contribution is 0.660. The van der Waals surface area contributed by atoms with Gasteiger partial charge in [0.1, 0.15) is 0 Å². The van der Waals surface area contributed by atoms with Crippen LogP contribution in [0.3, 0.4) is 0 Å². The normalized spacial score (nSPS) is 13.1. The van der Waals surface area contributed by atoms with Crippen molar-refractivity contribution < 1.29 is 0 Å². The van der Waals surface area contributed by atoms with Gasteiger partial charge in [-0.3, -0.25) is 0 Å². The van der Waals surface area contributed by atoms with Crippen molar-refractivity contribution in [2.75, 3.05) is 4.90 Å². The Hall–Kier alpha value is -6.38. The van der Waals surface area contributed by atoms with E-state index in [1.54, 1.807) is 0 Å². The molecule has 1 heterocycles. The molecule has 1 aliphatic rings. The molecule has 0 unspecified atom stereocenters. The highest BCUT2D eigenvalue weighted by molar-refractivity contribution is 6.19. The van der Waals surface area contributed by atoms with Crippen LogP contribution in [-0.4, -0.2) is 4.57 Å². The van der Waals surface area contributed by atoms with Gasteiger partial charge in [0.2, 0.25) is 0 Å². The molecule has 0 N–H and O–H groups in total. The summed E-state index contributed by atoms with van der Waals surface area (Å²) >= 11 is 0. The van der Waals surface area contributed by atoms with Crippen LogP contribution in [0.25, 0.3) is 60.5 Å². The van der Waals surface area contributed by atoms with Crippen molar-refractivity contribution in [3.8, 4) is 27.9 Å². The molecule has 0 bridgehead atoms. The third-order valence-electron chi connectivity index (χ3n) is 10.9. The zero-order valence-corrected chi connectivity index (χ0v) is 28.7. The highest BCUT2D eigenvalue weighted by Crippen LogP contribution is 2.51. The van der Waals surface area contributed by atoms with Gasteiger partial charge in [0, 0.05) is 44.3 Å². The molecule has 242 valence electrons. The van der Waals surface area contributed by atoms with E-state index < -0.39 is 0 Å². The van der Waals surface area contributed by atoms with Gasteiger partial charge in [-0.25, -0.2) is 0 Å². The fourth-order valence-corrected chi connectivity index (χ4v) is 8.50. The van der Waals surface area contributed by atoms with Crippen LogP contribution in [0, 0.1) is 0 Å². The van der Waals surface area contributed by atoms with Gasteiger partial charge < -0.3 is 9.47 Å². The summed E-state index contributed by atoms with van der Waals surface area (Å²) in [7, 11) is 0. The molecular formula is C49H36N2. The van der Waals surface area contributed by atoms with Crippen molar-refractivity contribution in [3.63, 3.8) is 0 Å².